The Morgan fingerprint density at radius 3 is 2.67 bits per heavy atom. The van der Waals surface area contributed by atoms with Gasteiger partial charge >= 0.3 is 6.09 Å². The van der Waals surface area contributed by atoms with Gasteiger partial charge in [0.2, 0.25) is 0 Å². The summed E-state index contributed by atoms with van der Waals surface area (Å²) in [6.45, 7) is 8.37. The van der Waals surface area contributed by atoms with Crippen LogP contribution in [0.4, 0.5) is 4.79 Å². The molecule has 0 aromatic rings. The maximum Gasteiger partial charge on any atom is 0.410 e. The Bertz CT molecular complexity index is 673. The topological polar surface area (TPSA) is 73.1 Å². The van der Waals surface area contributed by atoms with Gasteiger partial charge < -0.3 is 28.6 Å². The molecule has 1 amide bonds. The molecule has 0 N–H and O–H groups in total. The molecule has 170 valence electrons. The zero-order valence-electron chi connectivity index (χ0n) is 19.0. The molecule has 7 unspecified atom stereocenters. The highest BCUT2D eigenvalue weighted by Crippen LogP contribution is 2.59. The van der Waals surface area contributed by atoms with Crippen molar-refractivity contribution in [3.05, 3.63) is 11.6 Å². The first-order valence-electron chi connectivity index (χ1n) is 11.3. The molecule has 4 rings (SSSR count). The zero-order valence-corrected chi connectivity index (χ0v) is 19.0. The van der Waals surface area contributed by atoms with Gasteiger partial charge in [-0.15, -0.1) is 0 Å². The standard InChI is InChI=1S/C23H37NO6/c1-15(2)8-9-18-22(3,30-18)20-19(27-5)17(10-11-23(20)14-28-23)29-21(25)24-12-6-7-16(24)13-26-4/h8,16-20H,6-7,9-14H2,1-5H3. The van der Waals surface area contributed by atoms with Crippen molar-refractivity contribution in [2.75, 3.05) is 34.0 Å². The molecule has 7 heteroatoms. The summed E-state index contributed by atoms with van der Waals surface area (Å²) in [5.41, 5.74) is 0.769. The molecule has 7 nitrogen and oxygen atoms in total. The number of carbonyl (C=O) groups excluding carboxylic acids is 1. The molecule has 3 heterocycles. The molecular formula is C23H37NO6. The largest absolute Gasteiger partial charge is 0.443 e. The lowest BCUT2D eigenvalue weighted by molar-refractivity contribution is -0.122. The van der Waals surface area contributed by atoms with Crippen LogP contribution >= 0.6 is 0 Å². The molecule has 4 fully saturated rings. The monoisotopic (exact) mass is 423 g/mol. The van der Waals surface area contributed by atoms with Crippen LogP contribution in [0.1, 0.15) is 52.9 Å². The molecular weight excluding hydrogens is 386 g/mol. The average molecular weight is 424 g/mol. The van der Waals surface area contributed by atoms with Crippen LogP contribution in [0, 0.1) is 5.92 Å². The first kappa shape index (κ1) is 22.1. The molecule has 3 aliphatic heterocycles. The van der Waals surface area contributed by atoms with Crippen LogP contribution in [-0.2, 0) is 23.7 Å². The number of hydrogen-bond acceptors (Lipinski definition) is 6. The predicted octanol–water partition coefficient (Wildman–Crippen LogP) is 3.31. The van der Waals surface area contributed by atoms with Crippen LogP contribution in [0.2, 0.25) is 0 Å². The fourth-order valence-corrected chi connectivity index (χ4v) is 5.71. The van der Waals surface area contributed by atoms with E-state index in [-0.39, 0.29) is 47.6 Å². The van der Waals surface area contributed by atoms with Crippen LogP contribution in [0.3, 0.4) is 0 Å². The SMILES string of the molecule is COCC1CCCN1C(=O)OC1CCC2(CO2)C(C2(C)OC2CC=C(C)C)C1OC. The van der Waals surface area contributed by atoms with E-state index in [4.69, 9.17) is 23.7 Å². The van der Waals surface area contributed by atoms with E-state index in [1.807, 2.05) is 4.90 Å². The van der Waals surface area contributed by atoms with Gasteiger partial charge in [-0.3, -0.25) is 0 Å². The van der Waals surface area contributed by atoms with Crippen molar-refractivity contribution in [2.45, 2.75) is 88.4 Å². The summed E-state index contributed by atoms with van der Waals surface area (Å²) in [4.78, 5) is 14.8. The molecule has 0 radical (unpaired) electrons. The lowest BCUT2D eigenvalue weighted by Crippen LogP contribution is -2.56. The van der Waals surface area contributed by atoms with E-state index < -0.39 is 0 Å². The third kappa shape index (κ3) is 4.01. The maximum atomic E-state index is 13.0. The van der Waals surface area contributed by atoms with Crippen molar-refractivity contribution >= 4 is 6.09 Å². The lowest BCUT2D eigenvalue weighted by atomic mass is 9.68. The van der Waals surface area contributed by atoms with Crippen molar-refractivity contribution in [1.82, 2.24) is 4.90 Å². The van der Waals surface area contributed by atoms with Crippen molar-refractivity contribution in [2.24, 2.45) is 5.92 Å². The minimum atomic E-state index is -0.319. The van der Waals surface area contributed by atoms with Gasteiger partial charge in [0.05, 0.1) is 31.3 Å². The van der Waals surface area contributed by atoms with Gasteiger partial charge in [-0.05, 0) is 52.9 Å². The molecule has 3 saturated heterocycles. The molecule has 0 aromatic heterocycles. The number of hydrogen-bond donors (Lipinski definition) is 0. The second-order valence-corrected chi connectivity index (χ2v) is 9.74. The summed E-state index contributed by atoms with van der Waals surface area (Å²) in [7, 11) is 3.38. The maximum absolute atomic E-state index is 13.0. The van der Waals surface area contributed by atoms with Crippen LogP contribution in [0.5, 0.6) is 0 Å². The summed E-state index contributed by atoms with van der Waals surface area (Å²) >= 11 is 0. The number of rotatable bonds is 7. The predicted molar refractivity (Wildman–Crippen MR) is 111 cm³/mol. The summed E-state index contributed by atoms with van der Waals surface area (Å²) in [6, 6.07) is 0.0960. The first-order chi connectivity index (χ1) is 14.3. The van der Waals surface area contributed by atoms with Crippen LogP contribution in [-0.4, -0.2) is 80.5 Å². The Morgan fingerprint density at radius 2 is 2.03 bits per heavy atom. The highest BCUT2D eigenvalue weighted by atomic mass is 16.6. The van der Waals surface area contributed by atoms with Crippen molar-refractivity contribution in [3.8, 4) is 0 Å². The van der Waals surface area contributed by atoms with Crippen molar-refractivity contribution < 1.29 is 28.5 Å². The molecule has 1 aliphatic carbocycles. The Balaban J connectivity index is 1.47. The molecule has 7 atom stereocenters. The number of likely N-dealkylation sites (tertiary alicyclic amines) is 1. The van der Waals surface area contributed by atoms with E-state index in [2.05, 4.69) is 26.8 Å². The van der Waals surface area contributed by atoms with Gasteiger partial charge in [0, 0.05) is 20.8 Å². The smallest absolute Gasteiger partial charge is 0.410 e. The third-order valence-corrected chi connectivity index (χ3v) is 7.46. The van der Waals surface area contributed by atoms with Crippen molar-refractivity contribution in [1.29, 1.82) is 0 Å². The molecule has 30 heavy (non-hydrogen) atoms. The fraction of sp³-hybridized carbons (Fsp3) is 0.870. The van der Waals surface area contributed by atoms with E-state index in [0.29, 0.717) is 6.61 Å². The fourth-order valence-electron chi connectivity index (χ4n) is 5.71. The molecule has 0 aromatic carbocycles. The van der Waals surface area contributed by atoms with E-state index >= 15 is 0 Å². The minimum Gasteiger partial charge on any atom is -0.443 e. The van der Waals surface area contributed by atoms with Gasteiger partial charge in [0.1, 0.15) is 23.4 Å². The van der Waals surface area contributed by atoms with Crippen LogP contribution in [0.25, 0.3) is 0 Å². The van der Waals surface area contributed by atoms with E-state index in [1.54, 1.807) is 14.2 Å². The zero-order chi connectivity index (χ0) is 21.5. The second kappa shape index (κ2) is 8.41. The Hall–Kier alpha value is -1.15. The number of ether oxygens (including phenoxy) is 5. The first-order valence-corrected chi connectivity index (χ1v) is 11.3. The van der Waals surface area contributed by atoms with Gasteiger partial charge in [-0.2, -0.15) is 0 Å². The highest BCUT2D eigenvalue weighted by Gasteiger charge is 2.72. The highest BCUT2D eigenvalue weighted by molar-refractivity contribution is 5.68. The molecule has 1 saturated carbocycles. The average Bonchev–Trinajstić information content (AvgIpc) is 3.56. The summed E-state index contributed by atoms with van der Waals surface area (Å²) in [6.07, 6.45) is 6.03. The summed E-state index contributed by atoms with van der Waals surface area (Å²) in [5.74, 6) is 0.0467. The molecule has 1 spiro atoms. The Labute approximate surface area is 180 Å². The quantitative estimate of drug-likeness (QED) is 0.462. The van der Waals surface area contributed by atoms with Gasteiger partial charge in [0.25, 0.3) is 0 Å². The number of epoxide rings is 2. The number of amides is 1. The third-order valence-electron chi connectivity index (χ3n) is 7.46. The summed E-state index contributed by atoms with van der Waals surface area (Å²) in [5, 5.41) is 0. The second-order valence-electron chi connectivity index (χ2n) is 9.74. The van der Waals surface area contributed by atoms with E-state index in [9.17, 15) is 4.79 Å². The number of carbonyl (C=O) groups is 1. The molecule has 0 bridgehead atoms. The van der Waals surface area contributed by atoms with E-state index in [0.717, 1.165) is 45.3 Å². The Kier molecular flexibility index (Phi) is 6.19. The van der Waals surface area contributed by atoms with Crippen LogP contribution in [0.15, 0.2) is 11.6 Å². The molecule has 4 aliphatic rings. The lowest BCUT2D eigenvalue weighted by Gasteiger charge is -2.43. The van der Waals surface area contributed by atoms with Gasteiger partial charge in [0.15, 0.2) is 0 Å². The summed E-state index contributed by atoms with van der Waals surface area (Å²) < 4.78 is 29.5. The Morgan fingerprint density at radius 1 is 1.27 bits per heavy atom. The number of allylic oxidation sites excluding steroid dienone is 1. The normalized spacial score (nSPS) is 42.3. The minimum absolute atomic E-state index is 0.0467. The number of nitrogens with zero attached hydrogens (tertiary/aromatic N) is 1. The van der Waals surface area contributed by atoms with Crippen molar-refractivity contribution in [3.63, 3.8) is 0 Å². The van der Waals surface area contributed by atoms with E-state index in [1.165, 1.54) is 5.57 Å². The van der Waals surface area contributed by atoms with Gasteiger partial charge in [-0.1, -0.05) is 11.6 Å². The van der Waals surface area contributed by atoms with Gasteiger partial charge in [-0.25, -0.2) is 4.79 Å². The van der Waals surface area contributed by atoms with Crippen LogP contribution < -0.4 is 0 Å². The number of methoxy groups -OCH3 is 2.